The van der Waals surface area contributed by atoms with Crippen molar-refractivity contribution in [3.8, 4) is 5.75 Å². The second-order valence-electron chi connectivity index (χ2n) is 8.48. The molecule has 0 bridgehead atoms. The number of fused-ring (bicyclic) bond motifs is 1. The first-order valence-corrected chi connectivity index (χ1v) is 9.15. The zero-order valence-corrected chi connectivity index (χ0v) is 16.0. The van der Waals surface area contributed by atoms with E-state index in [0.717, 1.165) is 0 Å². The molecule has 3 rings (SSSR count). The Balaban J connectivity index is 1.58. The summed E-state index contributed by atoms with van der Waals surface area (Å²) in [7, 11) is 0. The highest BCUT2D eigenvalue weighted by Crippen LogP contribution is 2.32. The van der Waals surface area contributed by atoms with E-state index in [1.807, 2.05) is 20.8 Å². The molecule has 6 nitrogen and oxygen atoms in total. The third-order valence-electron chi connectivity index (χ3n) is 4.72. The summed E-state index contributed by atoms with van der Waals surface area (Å²) in [6.45, 7) is 6.85. The predicted molar refractivity (Wildman–Crippen MR) is 97.0 cm³/mol. The topological polar surface area (TPSA) is 61.9 Å². The maximum Gasteiger partial charge on any atom is 0.573 e. The maximum absolute atomic E-state index is 12.7. The fourth-order valence-electron chi connectivity index (χ4n) is 3.68. The molecule has 0 aromatic heterocycles. The number of halogens is 3. The van der Waals surface area contributed by atoms with E-state index in [2.05, 4.69) is 10.1 Å². The second-order valence-corrected chi connectivity index (χ2v) is 8.48. The van der Waals surface area contributed by atoms with Gasteiger partial charge in [0.25, 0.3) is 0 Å². The number of carbonyl (C=O) groups excluding carboxylic acids is 2. The molecule has 1 aromatic carbocycles. The number of ether oxygens (including phenoxy) is 1. The van der Waals surface area contributed by atoms with E-state index in [4.69, 9.17) is 0 Å². The van der Waals surface area contributed by atoms with Crippen LogP contribution in [0.5, 0.6) is 5.75 Å². The maximum atomic E-state index is 12.7. The molecule has 0 unspecified atom stereocenters. The summed E-state index contributed by atoms with van der Waals surface area (Å²) in [5, 5.41) is 2.99. The Labute approximate surface area is 161 Å². The Bertz CT molecular complexity index is 744. The molecule has 2 fully saturated rings. The van der Waals surface area contributed by atoms with Gasteiger partial charge in [-0.25, -0.2) is 4.79 Å². The van der Waals surface area contributed by atoms with Gasteiger partial charge >= 0.3 is 12.4 Å². The van der Waals surface area contributed by atoms with Crippen LogP contribution in [0.2, 0.25) is 0 Å². The van der Waals surface area contributed by atoms with Crippen molar-refractivity contribution in [3.63, 3.8) is 0 Å². The molecular weight excluding hydrogens is 375 g/mol. The number of rotatable bonds is 4. The molecule has 2 aliphatic heterocycles. The number of amides is 3. The highest BCUT2D eigenvalue weighted by Gasteiger charge is 2.45. The fourth-order valence-corrected chi connectivity index (χ4v) is 3.68. The zero-order chi connectivity index (χ0) is 20.7. The van der Waals surface area contributed by atoms with Crippen molar-refractivity contribution in [1.82, 2.24) is 10.2 Å². The van der Waals surface area contributed by atoms with E-state index >= 15 is 0 Å². The Morgan fingerprint density at radius 3 is 2.36 bits per heavy atom. The normalized spacial score (nSPS) is 22.4. The van der Waals surface area contributed by atoms with Gasteiger partial charge in [0.1, 0.15) is 5.75 Å². The average Bonchev–Trinajstić information content (AvgIpc) is 3.04. The van der Waals surface area contributed by atoms with E-state index in [-0.39, 0.29) is 35.2 Å². The second kappa shape index (κ2) is 7.18. The van der Waals surface area contributed by atoms with Crippen LogP contribution in [0, 0.1) is 5.41 Å². The van der Waals surface area contributed by atoms with Crippen molar-refractivity contribution < 1.29 is 27.5 Å². The van der Waals surface area contributed by atoms with Gasteiger partial charge < -0.3 is 15.0 Å². The van der Waals surface area contributed by atoms with Crippen LogP contribution in [0.1, 0.15) is 33.6 Å². The summed E-state index contributed by atoms with van der Waals surface area (Å²) in [6, 6.07) is 4.94. The Morgan fingerprint density at radius 2 is 1.82 bits per heavy atom. The summed E-state index contributed by atoms with van der Waals surface area (Å²) in [6.07, 6.45) is -3.67. The third kappa shape index (κ3) is 4.88. The van der Waals surface area contributed by atoms with Crippen molar-refractivity contribution in [2.24, 2.45) is 5.41 Å². The molecule has 0 spiro atoms. The molecule has 0 aliphatic carbocycles. The van der Waals surface area contributed by atoms with E-state index in [1.54, 1.807) is 4.90 Å². The van der Waals surface area contributed by atoms with Gasteiger partial charge in [-0.1, -0.05) is 20.8 Å². The molecule has 2 heterocycles. The van der Waals surface area contributed by atoms with Crippen LogP contribution in [-0.4, -0.2) is 48.4 Å². The lowest BCUT2D eigenvalue weighted by atomic mass is 9.92. The van der Waals surface area contributed by atoms with Crippen molar-refractivity contribution in [1.29, 1.82) is 0 Å². The van der Waals surface area contributed by atoms with Crippen molar-refractivity contribution in [2.45, 2.75) is 52.1 Å². The van der Waals surface area contributed by atoms with Gasteiger partial charge in [-0.15, -0.1) is 13.2 Å². The lowest BCUT2D eigenvalue weighted by Gasteiger charge is -2.22. The first-order chi connectivity index (χ1) is 12.9. The molecule has 9 heteroatoms. The van der Waals surface area contributed by atoms with E-state index in [1.165, 1.54) is 29.2 Å². The first-order valence-electron chi connectivity index (χ1n) is 9.15. The summed E-state index contributed by atoms with van der Waals surface area (Å²) in [5.41, 5.74) is 0.412. The van der Waals surface area contributed by atoms with Gasteiger partial charge in [0, 0.05) is 31.2 Å². The van der Waals surface area contributed by atoms with E-state index in [0.29, 0.717) is 31.6 Å². The van der Waals surface area contributed by atoms with Crippen LogP contribution < -0.4 is 15.0 Å². The van der Waals surface area contributed by atoms with Gasteiger partial charge in [0.15, 0.2) is 0 Å². The quantitative estimate of drug-likeness (QED) is 0.843. The smallest absolute Gasteiger partial charge is 0.406 e. The highest BCUT2D eigenvalue weighted by atomic mass is 19.4. The zero-order valence-electron chi connectivity index (χ0n) is 16.0. The van der Waals surface area contributed by atoms with E-state index < -0.39 is 6.36 Å². The Morgan fingerprint density at radius 1 is 1.18 bits per heavy atom. The van der Waals surface area contributed by atoms with Crippen molar-refractivity contribution in [2.75, 3.05) is 18.0 Å². The van der Waals surface area contributed by atoms with Gasteiger partial charge in [-0.05, 0) is 36.1 Å². The number of alkyl halides is 3. The van der Waals surface area contributed by atoms with E-state index in [9.17, 15) is 22.8 Å². The fraction of sp³-hybridized carbons (Fsp3) is 0.579. The molecule has 1 aromatic rings. The Kier molecular flexibility index (Phi) is 5.20. The van der Waals surface area contributed by atoms with Gasteiger partial charge in [0.2, 0.25) is 5.91 Å². The average molecular weight is 399 g/mol. The number of hydrogen-bond acceptors (Lipinski definition) is 3. The summed E-state index contributed by atoms with van der Waals surface area (Å²) in [5.74, 6) is -0.353. The largest absolute Gasteiger partial charge is 0.573 e. The van der Waals surface area contributed by atoms with Crippen LogP contribution in [0.4, 0.5) is 23.7 Å². The van der Waals surface area contributed by atoms with Crippen LogP contribution in [0.15, 0.2) is 24.3 Å². The minimum absolute atomic E-state index is 0.0248. The van der Waals surface area contributed by atoms with Crippen molar-refractivity contribution in [3.05, 3.63) is 24.3 Å². The van der Waals surface area contributed by atoms with Crippen molar-refractivity contribution >= 4 is 17.6 Å². The molecule has 2 atom stereocenters. The van der Waals surface area contributed by atoms with Crippen LogP contribution in [0.3, 0.4) is 0 Å². The summed E-state index contributed by atoms with van der Waals surface area (Å²) >= 11 is 0. The summed E-state index contributed by atoms with van der Waals surface area (Å²) < 4.78 is 40.6. The molecule has 3 amide bonds. The first kappa shape index (κ1) is 20.3. The van der Waals surface area contributed by atoms with Crippen LogP contribution in [-0.2, 0) is 4.79 Å². The lowest BCUT2D eigenvalue weighted by molar-refractivity contribution is -0.274. The molecule has 154 valence electrons. The minimum Gasteiger partial charge on any atom is -0.406 e. The van der Waals surface area contributed by atoms with Crippen LogP contribution >= 0.6 is 0 Å². The number of anilines is 1. The molecule has 0 radical (unpaired) electrons. The molecule has 1 N–H and O–H groups in total. The number of nitrogens with zero attached hydrogens (tertiary/aromatic N) is 2. The molecule has 28 heavy (non-hydrogen) atoms. The number of hydrogen-bond donors (Lipinski definition) is 1. The van der Waals surface area contributed by atoms with Crippen LogP contribution in [0.25, 0.3) is 0 Å². The SMILES string of the molecule is CC(C)(C)CC(=O)N[C@@H]1C[C@H]2CN(c3ccc(OC(F)(F)F)cc3)C(=O)N2C1. The molecular formula is C19H24F3N3O3. The van der Waals surface area contributed by atoms with Gasteiger partial charge in [0.05, 0.1) is 6.04 Å². The Hall–Kier alpha value is -2.45. The highest BCUT2D eigenvalue weighted by molar-refractivity contribution is 5.95. The summed E-state index contributed by atoms with van der Waals surface area (Å²) in [4.78, 5) is 28.1. The number of benzene rings is 1. The number of nitrogens with one attached hydrogen (secondary N) is 1. The van der Waals surface area contributed by atoms with Gasteiger partial charge in [-0.3, -0.25) is 9.69 Å². The number of carbonyl (C=O) groups is 2. The molecule has 0 saturated carbocycles. The molecule has 2 aliphatic rings. The van der Waals surface area contributed by atoms with Gasteiger partial charge in [-0.2, -0.15) is 0 Å². The lowest BCUT2D eigenvalue weighted by Crippen LogP contribution is -2.41. The third-order valence-corrected chi connectivity index (χ3v) is 4.72. The predicted octanol–water partition coefficient (Wildman–Crippen LogP) is 3.52. The monoisotopic (exact) mass is 399 g/mol. The molecule has 2 saturated heterocycles. The number of urea groups is 1. The minimum atomic E-state index is -4.75. The standard InChI is InChI=1S/C19H24F3N3O3/c1-18(2,3)9-16(26)23-12-8-14-11-25(17(27)24(14)10-12)13-4-6-15(7-5-13)28-19(20,21)22/h4-7,12,14H,8-11H2,1-3H3,(H,23,26)/t12-,14+/m1/s1.